The fourth-order valence-corrected chi connectivity index (χ4v) is 3.05. The number of rotatable bonds is 9. The molecule has 28 heavy (non-hydrogen) atoms. The summed E-state index contributed by atoms with van der Waals surface area (Å²) in [4.78, 5) is 23.5. The number of fused-ring (bicyclic) bond motifs is 1. The number of nitro groups is 1. The number of benzene rings is 2. The minimum absolute atomic E-state index is 0.0361. The monoisotopic (exact) mass is 386 g/mol. The van der Waals surface area contributed by atoms with Crippen molar-refractivity contribution in [2.45, 2.75) is 20.3 Å². The molecule has 1 aromatic heterocycles. The first-order chi connectivity index (χ1) is 13.5. The van der Waals surface area contributed by atoms with E-state index in [1.165, 1.54) is 29.0 Å². The standard InChI is InChI=1S/C20H23FN4O3/c1-3-23(4-2)12-5-13-28-24-19-14-17(25(26)27)10-11-18(19)22-20(24)15-6-8-16(21)9-7-15/h6-11,14H,3-5,12-13H2,1-2H3. The van der Waals surface area contributed by atoms with Gasteiger partial charge in [-0.25, -0.2) is 9.37 Å². The second-order valence-electron chi connectivity index (χ2n) is 6.38. The molecule has 3 aromatic rings. The van der Waals surface area contributed by atoms with E-state index in [0.717, 1.165) is 26.1 Å². The molecule has 1 heterocycles. The van der Waals surface area contributed by atoms with Crippen LogP contribution in [-0.4, -0.2) is 45.8 Å². The molecule has 0 fully saturated rings. The number of nitrogens with zero attached hydrogens (tertiary/aromatic N) is 4. The van der Waals surface area contributed by atoms with Crippen molar-refractivity contribution in [3.63, 3.8) is 0 Å². The summed E-state index contributed by atoms with van der Waals surface area (Å²) in [5, 5.41) is 11.2. The zero-order valence-corrected chi connectivity index (χ0v) is 16.0. The van der Waals surface area contributed by atoms with Crippen molar-refractivity contribution in [2.75, 3.05) is 26.2 Å². The first-order valence-electron chi connectivity index (χ1n) is 9.32. The van der Waals surface area contributed by atoms with E-state index < -0.39 is 4.92 Å². The van der Waals surface area contributed by atoms with Gasteiger partial charge in [0.05, 0.1) is 10.4 Å². The Morgan fingerprint density at radius 2 is 1.89 bits per heavy atom. The molecule has 0 spiro atoms. The topological polar surface area (TPSA) is 73.4 Å². The van der Waals surface area contributed by atoms with Crippen LogP contribution in [0.1, 0.15) is 20.3 Å². The number of nitro benzene ring substituents is 1. The van der Waals surface area contributed by atoms with Gasteiger partial charge >= 0.3 is 0 Å². The molecule has 148 valence electrons. The number of hydrogen-bond donors (Lipinski definition) is 0. The van der Waals surface area contributed by atoms with Gasteiger partial charge in [-0.15, -0.1) is 0 Å². The highest BCUT2D eigenvalue weighted by Crippen LogP contribution is 2.27. The molecular formula is C20H23FN4O3. The number of non-ortho nitro benzene ring substituents is 1. The van der Waals surface area contributed by atoms with Gasteiger partial charge < -0.3 is 9.74 Å². The number of aromatic nitrogens is 2. The molecule has 0 aliphatic rings. The smallest absolute Gasteiger partial charge is 0.271 e. The van der Waals surface area contributed by atoms with Gasteiger partial charge in [0.25, 0.3) is 5.69 Å². The number of imidazole rings is 1. The van der Waals surface area contributed by atoms with Crippen molar-refractivity contribution in [1.29, 1.82) is 0 Å². The lowest BCUT2D eigenvalue weighted by Gasteiger charge is -2.18. The van der Waals surface area contributed by atoms with Crippen molar-refractivity contribution in [2.24, 2.45) is 0 Å². The van der Waals surface area contributed by atoms with Gasteiger partial charge in [0, 0.05) is 24.2 Å². The van der Waals surface area contributed by atoms with Gasteiger partial charge in [-0.2, -0.15) is 4.73 Å². The molecule has 0 radical (unpaired) electrons. The molecule has 3 rings (SSSR count). The van der Waals surface area contributed by atoms with Crippen molar-refractivity contribution in [3.05, 3.63) is 58.4 Å². The fourth-order valence-electron chi connectivity index (χ4n) is 3.05. The van der Waals surface area contributed by atoms with E-state index in [-0.39, 0.29) is 11.5 Å². The van der Waals surface area contributed by atoms with E-state index in [2.05, 4.69) is 23.7 Å². The van der Waals surface area contributed by atoms with Gasteiger partial charge in [0.2, 0.25) is 0 Å². The lowest BCUT2D eigenvalue weighted by molar-refractivity contribution is -0.384. The molecule has 0 unspecified atom stereocenters. The van der Waals surface area contributed by atoms with Gasteiger partial charge in [0.15, 0.2) is 5.82 Å². The quantitative estimate of drug-likeness (QED) is 0.317. The number of halogens is 1. The lowest BCUT2D eigenvalue weighted by atomic mass is 10.2. The maximum absolute atomic E-state index is 13.3. The summed E-state index contributed by atoms with van der Waals surface area (Å²) < 4.78 is 14.8. The van der Waals surface area contributed by atoms with Crippen LogP contribution < -0.4 is 4.84 Å². The maximum Gasteiger partial charge on any atom is 0.271 e. The Balaban J connectivity index is 1.93. The van der Waals surface area contributed by atoms with Crippen LogP contribution in [-0.2, 0) is 0 Å². The van der Waals surface area contributed by atoms with Crippen LogP contribution in [0.5, 0.6) is 0 Å². The molecule has 0 atom stereocenters. The van der Waals surface area contributed by atoms with Gasteiger partial charge in [-0.05, 0) is 49.8 Å². The SMILES string of the molecule is CCN(CC)CCCOn1c(-c2ccc(F)cc2)nc2ccc([N+](=O)[O-])cc21. The molecule has 0 aliphatic carbocycles. The highest BCUT2D eigenvalue weighted by atomic mass is 19.1. The van der Waals surface area contributed by atoms with Crippen LogP contribution in [0.4, 0.5) is 10.1 Å². The molecule has 2 aromatic carbocycles. The third kappa shape index (κ3) is 4.28. The Labute approximate surface area is 162 Å². The highest BCUT2D eigenvalue weighted by molar-refractivity contribution is 5.82. The first kappa shape index (κ1) is 19.8. The van der Waals surface area contributed by atoms with Crippen molar-refractivity contribution in [1.82, 2.24) is 14.6 Å². The van der Waals surface area contributed by atoms with Gasteiger partial charge in [-0.1, -0.05) is 13.8 Å². The van der Waals surface area contributed by atoms with Gasteiger partial charge in [0.1, 0.15) is 17.9 Å². The maximum atomic E-state index is 13.3. The summed E-state index contributed by atoms with van der Waals surface area (Å²) in [5.41, 5.74) is 1.72. The van der Waals surface area contributed by atoms with Crippen LogP contribution in [0.2, 0.25) is 0 Å². The zero-order chi connectivity index (χ0) is 20.1. The van der Waals surface area contributed by atoms with E-state index in [9.17, 15) is 14.5 Å². The summed E-state index contributed by atoms with van der Waals surface area (Å²) in [7, 11) is 0. The fraction of sp³-hybridized carbons (Fsp3) is 0.350. The van der Waals surface area contributed by atoms with Gasteiger partial charge in [-0.3, -0.25) is 10.1 Å². The van der Waals surface area contributed by atoms with E-state index in [0.29, 0.717) is 29.0 Å². The summed E-state index contributed by atoms with van der Waals surface area (Å²) in [6, 6.07) is 10.4. The Kier molecular flexibility index (Phi) is 6.20. The van der Waals surface area contributed by atoms with Crippen molar-refractivity contribution < 1.29 is 14.2 Å². The average Bonchev–Trinajstić information content (AvgIpc) is 3.06. The summed E-state index contributed by atoms with van der Waals surface area (Å²) in [6.07, 6.45) is 0.805. The van der Waals surface area contributed by atoms with Crippen LogP contribution in [0.3, 0.4) is 0 Å². The number of hydrogen-bond acceptors (Lipinski definition) is 5. The summed E-state index contributed by atoms with van der Waals surface area (Å²) in [5.74, 6) is 0.139. The molecule has 7 nitrogen and oxygen atoms in total. The van der Waals surface area contributed by atoms with Crippen LogP contribution in [0, 0.1) is 15.9 Å². The molecule has 0 saturated heterocycles. The predicted octanol–water partition coefficient (Wildman–Crippen LogP) is 3.91. The third-order valence-electron chi connectivity index (χ3n) is 4.64. The minimum atomic E-state index is -0.450. The highest BCUT2D eigenvalue weighted by Gasteiger charge is 2.17. The van der Waals surface area contributed by atoms with Crippen molar-refractivity contribution >= 4 is 16.7 Å². The van der Waals surface area contributed by atoms with Crippen LogP contribution >= 0.6 is 0 Å². The molecular weight excluding hydrogens is 363 g/mol. The molecule has 0 bridgehead atoms. The Bertz CT molecular complexity index is 952. The van der Waals surface area contributed by atoms with Crippen molar-refractivity contribution in [3.8, 4) is 11.4 Å². The summed E-state index contributed by atoms with van der Waals surface area (Å²) in [6.45, 7) is 7.48. The molecule has 8 heteroatoms. The lowest BCUT2D eigenvalue weighted by Crippen LogP contribution is -2.26. The Morgan fingerprint density at radius 3 is 2.54 bits per heavy atom. The van der Waals surface area contributed by atoms with E-state index in [1.54, 1.807) is 18.2 Å². The van der Waals surface area contributed by atoms with E-state index >= 15 is 0 Å². The average molecular weight is 386 g/mol. The molecule has 0 amide bonds. The second-order valence-corrected chi connectivity index (χ2v) is 6.38. The Hall–Kier alpha value is -3.00. The Morgan fingerprint density at radius 1 is 1.18 bits per heavy atom. The van der Waals surface area contributed by atoms with Crippen LogP contribution in [0.15, 0.2) is 42.5 Å². The normalized spacial score (nSPS) is 11.3. The summed E-state index contributed by atoms with van der Waals surface area (Å²) >= 11 is 0. The predicted molar refractivity (Wildman–Crippen MR) is 106 cm³/mol. The zero-order valence-electron chi connectivity index (χ0n) is 16.0. The molecule has 0 N–H and O–H groups in total. The molecule has 0 saturated carbocycles. The van der Waals surface area contributed by atoms with Crippen LogP contribution in [0.25, 0.3) is 22.4 Å². The first-order valence-corrected chi connectivity index (χ1v) is 9.32. The van der Waals surface area contributed by atoms with E-state index in [4.69, 9.17) is 4.84 Å². The van der Waals surface area contributed by atoms with E-state index in [1.807, 2.05) is 0 Å². The molecule has 0 aliphatic heterocycles. The third-order valence-corrected chi connectivity index (χ3v) is 4.64. The minimum Gasteiger partial charge on any atom is -0.412 e. The largest absolute Gasteiger partial charge is 0.412 e. The second kappa shape index (κ2) is 8.79.